The molecule has 1 heterocycles. The largest absolute Gasteiger partial charge is 0.370 e. The summed E-state index contributed by atoms with van der Waals surface area (Å²) in [6.07, 6.45) is 4.86. The number of allylic oxidation sites excluding steroid dienone is 1. The second kappa shape index (κ2) is 4.94. The molecular formula is C9H13N5O. The van der Waals surface area contributed by atoms with Crippen LogP contribution in [0.15, 0.2) is 30.2 Å². The highest BCUT2D eigenvalue weighted by Crippen LogP contribution is 1.89. The summed E-state index contributed by atoms with van der Waals surface area (Å²) in [6, 6.07) is 1.81. The van der Waals surface area contributed by atoms with Gasteiger partial charge in [0.25, 0.3) is 5.91 Å². The van der Waals surface area contributed by atoms with Gasteiger partial charge in [-0.15, -0.1) is 0 Å². The Kier molecular flexibility index (Phi) is 3.61. The number of primary amides is 1. The number of hydrogen-bond acceptors (Lipinski definition) is 4. The van der Waals surface area contributed by atoms with E-state index >= 15 is 0 Å². The molecule has 4 N–H and O–H groups in total. The molecule has 0 spiro atoms. The molecule has 0 aromatic carbocycles. The number of carbonyl (C=O) groups excluding carboxylic acids is 1. The number of rotatable bonds is 5. The molecule has 0 atom stereocenters. The first-order valence-electron chi connectivity index (χ1n) is 4.37. The highest BCUT2D eigenvalue weighted by atomic mass is 16.1. The predicted octanol–water partition coefficient (Wildman–Crippen LogP) is -0.161. The van der Waals surface area contributed by atoms with E-state index < -0.39 is 5.91 Å². The van der Waals surface area contributed by atoms with Gasteiger partial charge in [0, 0.05) is 18.1 Å². The highest BCUT2D eigenvalue weighted by Gasteiger charge is 2.00. The summed E-state index contributed by atoms with van der Waals surface area (Å²) in [4.78, 5) is 10.6. The minimum atomic E-state index is -0.741. The smallest absolute Gasteiger partial charge is 0.266 e. The van der Waals surface area contributed by atoms with Crippen LogP contribution in [0, 0.1) is 5.41 Å². The van der Waals surface area contributed by atoms with Gasteiger partial charge in [0.15, 0.2) is 0 Å². The van der Waals surface area contributed by atoms with Crippen molar-refractivity contribution in [3.8, 4) is 0 Å². The maximum Gasteiger partial charge on any atom is 0.266 e. The third kappa shape index (κ3) is 3.63. The van der Waals surface area contributed by atoms with Crippen molar-refractivity contribution in [3.63, 3.8) is 0 Å². The number of nitrogens with two attached hydrogens (primary N) is 1. The Morgan fingerprint density at radius 2 is 2.47 bits per heavy atom. The molecule has 0 aliphatic rings. The fraction of sp³-hybridized carbons (Fsp3) is 0.222. The lowest BCUT2D eigenvalue weighted by atomic mass is 10.3. The van der Waals surface area contributed by atoms with Gasteiger partial charge in [0.2, 0.25) is 0 Å². The summed E-state index contributed by atoms with van der Waals surface area (Å²) < 4.78 is 1.69. The van der Waals surface area contributed by atoms with Crippen LogP contribution < -0.4 is 11.1 Å². The number of hydrogen-bond donors (Lipinski definition) is 3. The molecule has 6 nitrogen and oxygen atoms in total. The van der Waals surface area contributed by atoms with Crippen LogP contribution in [0.25, 0.3) is 0 Å². The number of amides is 1. The standard InChI is InChI=1S/C9H13N5O/c1-7(5-8(10)9(11)15)12-6-14-4-2-3-13-14/h2-5,10,12H,6H2,1H3,(H2,11,15)/b7-5-,10-8?. The van der Waals surface area contributed by atoms with Gasteiger partial charge < -0.3 is 11.1 Å². The van der Waals surface area contributed by atoms with Gasteiger partial charge >= 0.3 is 0 Å². The first-order chi connectivity index (χ1) is 7.09. The second-order valence-electron chi connectivity index (χ2n) is 2.99. The van der Waals surface area contributed by atoms with Gasteiger partial charge in [-0.2, -0.15) is 5.10 Å². The van der Waals surface area contributed by atoms with E-state index in [1.165, 1.54) is 6.08 Å². The van der Waals surface area contributed by atoms with Crippen molar-refractivity contribution in [2.75, 3.05) is 0 Å². The molecule has 1 amide bonds. The van der Waals surface area contributed by atoms with Crippen LogP contribution in [0.1, 0.15) is 6.92 Å². The maximum atomic E-state index is 10.6. The maximum absolute atomic E-state index is 10.6. The van der Waals surface area contributed by atoms with Gasteiger partial charge in [-0.1, -0.05) is 0 Å². The summed E-state index contributed by atoms with van der Waals surface area (Å²) in [5, 5.41) is 14.2. The average Bonchev–Trinajstić information content (AvgIpc) is 2.66. The summed E-state index contributed by atoms with van der Waals surface area (Å²) in [6.45, 7) is 2.24. The van der Waals surface area contributed by atoms with E-state index in [0.717, 1.165) is 0 Å². The van der Waals surface area contributed by atoms with Gasteiger partial charge in [0.05, 0.1) is 0 Å². The van der Waals surface area contributed by atoms with E-state index in [-0.39, 0.29) is 5.71 Å². The van der Waals surface area contributed by atoms with Crippen LogP contribution in [0.5, 0.6) is 0 Å². The van der Waals surface area contributed by atoms with E-state index in [0.29, 0.717) is 12.4 Å². The van der Waals surface area contributed by atoms with Crippen molar-refractivity contribution in [2.24, 2.45) is 5.73 Å². The molecule has 0 bridgehead atoms. The van der Waals surface area contributed by atoms with Crippen molar-refractivity contribution in [2.45, 2.75) is 13.6 Å². The lowest BCUT2D eigenvalue weighted by Crippen LogP contribution is -2.23. The molecule has 0 saturated carbocycles. The van der Waals surface area contributed by atoms with Crippen molar-refractivity contribution < 1.29 is 4.79 Å². The Morgan fingerprint density at radius 3 is 3.00 bits per heavy atom. The first kappa shape index (κ1) is 11.0. The van der Waals surface area contributed by atoms with Gasteiger partial charge in [-0.05, 0) is 19.1 Å². The summed E-state index contributed by atoms with van der Waals surface area (Å²) >= 11 is 0. The Bertz CT molecular complexity index is 379. The van der Waals surface area contributed by atoms with Gasteiger partial charge in [-0.3, -0.25) is 14.9 Å². The molecule has 6 heteroatoms. The molecule has 15 heavy (non-hydrogen) atoms. The zero-order chi connectivity index (χ0) is 11.3. The lowest BCUT2D eigenvalue weighted by molar-refractivity contribution is -0.111. The molecule has 1 aromatic rings. The normalized spacial score (nSPS) is 11.1. The minimum absolute atomic E-state index is 0.222. The fourth-order valence-corrected chi connectivity index (χ4v) is 0.938. The van der Waals surface area contributed by atoms with Crippen LogP contribution in [0.4, 0.5) is 0 Å². The molecule has 1 aromatic heterocycles. The zero-order valence-electron chi connectivity index (χ0n) is 8.40. The van der Waals surface area contributed by atoms with Crippen molar-refractivity contribution >= 4 is 11.6 Å². The third-order valence-electron chi connectivity index (χ3n) is 1.71. The van der Waals surface area contributed by atoms with Crippen molar-refractivity contribution in [1.29, 1.82) is 5.41 Å². The summed E-state index contributed by atoms with van der Waals surface area (Å²) in [5.41, 5.74) is 5.39. The van der Waals surface area contributed by atoms with Crippen molar-refractivity contribution in [1.82, 2.24) is 15.1 Å². The van der Waals surface area contributed by atoms with E-state index in [9.17, 15) is 4.79 Å². The number of nitrogens with zero attached hydrogens (tertiary/aromatic N) is 2. The van der Waals surface area contributed by atoms with Crippen LogP contribution >= 0.6 is 0 Å². The molecule has 0 aliphatic heterocycles. The zero-order valence-corrected chi connectivity index (χ0v) is 8.40. The van der Waals surface area contributed by atoms with E-state index in [4.69, 9.17) is 11.1 Å². The molecule has 0 saturated heterocycles. The Hall–Kier alpha value is -2.11. The van der Waals surface area contributed by atoms with Crippen LogP contribution in [-0.4, -0.2) is 21.4 Å². The van der Waals surface area contributed by atoms with Crippen LogP contribution in [-0.2, 0) is 11.5 Å². The number of aromatic nitrogens is 2. The van der Waals surface area contributed by atoms with Crippen LogP contribution in [0.3, 0.4) is 0 Å². The van der Waals surface area contributed by atoms with Crippen LogP contribution in [0.2, 0.25) is 0 Å². The second-order valence-corrected chi connectivity index (χ2v) is 2.99. The molecule has 0 unspecified atom stereocenters. The highest BCUT2D eigenvalue weighted by molar-refractivity contribution is 6.41. The molecule has 80 valence electrons. The minimum Gasteiger partial charge on any atom is -0.370 e. The van der Waals surface area contributed by atoms with Gasteiger partial charge in [-0.25, -0.2) is 0 Å². The number of nitrogens with one attached hydrogen (secondary N) is 2. The molecular weight excluding hydrogens is 194 g/mol. The molecule has 0 fully saturated rings. The van der Waals surface area contributed by atoms with Gasteiger partial charge in [0.1, 0.15) is 12.4 Å². The van der Waals surface area contributed by atoms with Crippen molar-refractivity contribution in [3.05, 3.63) is 30.2 Å². The Morgan fingerprint density at radius 1 is 1.73 bits per heavy atom. The topological polar surface area (TPSA) is 96.8 Å². The van der Waals surface area contributed by atoms with E-state index in [2.05, 4.69) is 10.4 Å². The number of carbonyl (C=O) groups is 1. The van der Waals surface area contributed by atoms with E-state index in [1.54, 1.807) is 24.0 Å². The third-order valence-corrected chi connectivity index (χ3v) is 1.71. The average molecular weight is 207 g/mol. The monoisotopic (exact) mass is 207 g/mol. The first-order valence-corrected chi connectivity index (χ1v) is 4.37. The lowest BCUT2D eigenvalue weighted by Gasteiger charge is -2.06. The van der Waals surface area contributed by atoms with E-state index in [1.807, 2.05) is 6.07 Å². The Labute approximate surface area is 87.3 Å². The molecule has 1 rings (SSSR count). The molecule has 0 radical (unpaired) electrons. The molecule has 0 aliphatic carbocycles. The quantitative estimate of drug-likeness (QED) is 0.585. The predicted molar refractivity (Wildman–Crippen MR) is 56.0 cm³/mol. The Balaban J connectivity index is 2.45. The summed E-state index contributed by atoms with van der Waals surface area (Å²) in [5.74, 6) is -0.741. The SMILES string of the molecule is C/C(=C/C(=N)C(N)=O)NCn1cccn1. The summed E-state index contributed by atoms with van der Waals surface area (Å²) in [7, 11) is 0. The fourth-order valence-electron chi connectivity index (χ4n) is 0.938.